The minimum absolute atomic E-state index is 0. The van der Waals surface area contributed by atoms with Gasteiger partial charge in [0.25, 0.3) is 0 Å². The molecule has 0 saturated heterocycles. The fourth-order valence-corrected chi connectivity index (χ4v) is 4.16. The van der Waals surface area contributed by atoms with Crippen molar-refractivity contribution < 1.29 is 55.5 Å². The number of nitrogens with one attached hydrogen (secondary N) is 2. The average molecular weight is 380 g/mol. The second kappa shape index (κ2) is 11.4. The quantitative estimate of drug-likeness (QED) is 0.384. The summed E-state index contributed by atoms with van der Waals surface area (Å²) in [6, 6.07) is -0.148. The molecule has 0 spiro atoms. The predicted octanol–water partition coefficient (Wildman–Crippen LogP) is -1.92. The molecule has 0 amide bonds. The Hall–Kier alpha value is 0.740. The van der Waals surface area contributed by atoms with Gasteiger partial charge in [-0.05, 0) is 25.7 Å². The minimum atomic E-state index is -4.22. The molecular weight excluding hydrogens is 355 g/mol. The van der Waals surface area contributed by atoms with Crippen LogP contribution in [-0.4, -0.2) is 38.0 Å². The van der Waals surface area contributed by atoms with Crippen LogP contribution in [0.4, 0.5) is 0 Å². The first-order valence-electron chi connectivity index (χ1n) is 7.63. The molecule has 11 heteroatoms. The van der Waals surface area contributed by atoms with Crippen molar-refractivity contribution in [1.82, 2.24) is 9.44 Å². The first-order chi connectivity index (χ1) is 10.2. The van der Waals surface area contributed by atoms with E-state index in [0.717, 1.165) is 57.8 Å². The second-order valence-corrected chi connectivity index (χ2v) is 8.16. The zero-order valence-corrected chi connectivity index (χ0v) is 17.2. The smallest absolute Gasteiger partial charge is 0.735 e. The van der Waals surface area contributed by atoms with E-state index in [1.165, 1.54) is 6.42 Å². The number of rotatable bonds is 4. The molecule has 132 valence electrons. The number of hydrogen-bond donors (Lipinski definition) is 3. The molecule has 0 radical (unpaired) electrons. The molecular formula is C12H25N2NaO6S2. The molecule has 0 bridgehead atoms. The number of hydrogen-bond acceptors (Lipinski definition) is 5. The van der Waals surface area contributed by atoms with Gasteiger partial charge in [-0.25, -0.2) is 13.1 Å². The molecule has 0 aromatic heterocycles. The van der Waals surface area contributed by atoms with Crippen LogP contribution >= 0.6 is 0 Å². The summed E-state index contributed by atoms with van der Waals surface area (Å²) in [5.74, 6) is 0. The van der Waals surface area contributed by atoms with E-state index in [1.54, 1.807) is 0 Å². The molecule has 2 fully saturated rings. The molecule has 0 atom stereocenters. The zero-order valence-electron chi connectivity index (χ0n) is 13.5. The summed E-state index contributed by atoms with van der Waals surface area (Å²) >= 11 is 0. The Morgan fingerprint density at radius 2 is 1.09 bits per heavy atom. The van der Waals surface area contributed by atoms with Crippen LogP contribution in [-0.2, 0) is 20.6 Å². The van der Waals surface area contributed by atoms with E-state index in [4.69, 9.17) is 4.55 Å². The molecule has 0 aromatic rings. The average Bonchev–Trinajstić information content (AvgIpc) is 2.38. The van der Waals surface area contributed by atoms with E-state index in [-0.39, 0.29) is 41.6 Å². The molecule has 2 rings (SSSR count). The zero-order chi connectivity index (χ0) is 16.6. The Balaban J connectivity index is 0.000000403. The standard InChI is InChI=1S/2C6H13NO3S.Na/c2*8-11(9,10)7-6-4-2-1-3-5-6;/h2*6-7H,1-5H2,(H,8,9,10);/q;;+1/p-1. The fourth-order valence-electron chi connectivity index (χ4n) is 2.86. The van der Waals surface area contributed by atoms with Crippen LogP contribution in [0.25, 0.3) is 0 Å². The maximum absolute atomic E-state index is 10.3. The van der Waals surface area contributed by atoms with Crippen molar-refractivity contribution in [2.45, 2.75) is 76.3 Å². The Morgan fingerprint density at radius 3 is 1.39 bits per heavy atom. The summed E-state index contributed by atoms with van der Waals surface area (Å²) < 4.78 is 64.1. The van der Waals surface area contributed by atoms with E-state index < -0.39 is 20.6 Å². The van der Waals surface area contributed by atoms with Crippen molar-refractivity contribution in [3.63, 3.8) is 0 Å². The van der Waals surface area contributed by atoms with Gasteiger partial charge >= 0.3 is 39.9 Å². The van der Waals surface area contributed by atoms with Crippen LogP contribution in [0.3, 0.4) is 0 Å². The van der Waals surface area contributed by atoms with Gasteiger partial charge in [0.2, 0.25) is 0 Å². The van der Waals surface area contributed by atoms with Crippen LogP contribution in [0.2, 0.25) is 0 Å². The van der Waals surface area contributed by atoms with Crippen LogP contribution < -0.4 is 39.0 Å². The molecule has 2 saturated carbocycles. The molecule has 2 aliphatic carbocycles. The van der Waals surface area contributed by atoms with Crippen LogP contribution in [0.15, 0.2) is 0 Å². The largest absolute Gasteiger partial charge is 1.00 e. The van der Waals surface area contributed by atoms with Crippen molar-refractivity contribution >= 4 is 20.6 Å². The van der Waals surface area contributed by atoms with Gasteiger partial charge in [-0.1, -0.05) is 38.5 Å². The molecule has 0 heterocycles. The van der Waals surface area contributed by atoms with E-state index >= 15 is 0 Å². The van der Waals surface area contributed by atoms with E-state index in [1.807, 2.05) is 0 Å². The van der Waals surface area contributed by atoms with Crippen molar-refractivity contribution in [3.05, 3.63) is 0 Å². The first kappa shape index (κ1) is 23.7. The Bertz CT molecular complexity index is 466. The predicted molar refractivity (Wildman–Crippen MR) is 81.3 cm³/mol. The summed E-state index contributed by atoms with van der Waals surface area (Å²) in [5, 5.41) is 0. The van der Waals surface area contributed by atoms with Gasteiger partial charge in [-0.3, -0.25) is 4.55 Å². The van der Waals surface area contributed by atoms with Gasteiger partial charge < -0.3 is 4.55 Å². The molecule has 8 nitrogen and oxygen atoms in total. The molecule has 3 N–H and O–H groups in total. The molecule has 23 heavy (non-hydrogen) atoms. The summed E-state index contributed by atoms with van der Waals surface area (Å²) in [7, 11) is -8.20. The first-order valence-corrected chi connectivity index (χ1v) is 10.5. The van der Waals surface area contributed by atoms with Gasteiger partial charge in [0.15, 0.2) is 10.3 Å². The van der Waals surface area contributed by atoms with Gasteiger partial charge in [0.05, 0.1) is 0 Å². The van der Waals surface area contributed by atoms with Crippen molar-refractivity contribution in [1.29, 1.82) is 0 Å². The summed E-state index contributed by atoms with van der Waals surface area (Å²) in [6.07, 6.45) is 9.77. The van der Waals surface area contributed by atoms with Crippen LogP contribution in [0.1, 0.15) is 64.2 Å². The third-order valence-corrected chi connectivity index (χ3v) is 5.09. The minimum Gasteiger partial charge on any atom is -0.735 e. The monoisotopic (exact) mass is 380 g/mol. The molecule has 2 aliphatic rings. The van der Waals surface area contributed by atoms with Gasteiger partial charge in [0.1, 0.15) is 0 Å². The van der Waals surface area contributed by atoms with Gasteiger partial charge in [0, 0.05) is 12.1 Å². The Labute approximate surface area is 161 Å². The third-order valence-electron chi connectivity index (χ3n) is 3.84. The SMILES string of the molecule is O=S(=O)(O)NC1CCCCC1.O=S(=O)([O-])NC1CCCCC1.[Na+]. The third kappa shape index (κ3) is 13.7. The summed E-state index contributed by atoms with van der Waals surface area (Å²) in [5.41, 5.74) is 0. The molecule has 0 aromatic carbocycles. The van der Waals surface area contributed by atoms with E-state index in [9.17, 15) is 21.4 Å². The van der Waals surface area contributed by atoms with Crippen molar-refractivity contribution in [3.8, 4) is 0 Å². The maximum Gasteiger partial charge on any atom is 1.00 e. The van der Waals surface area contributed by atoms with Gasteiger partial charge in [-0.2, -0.15) is 13.1 Å². The van der Waals surface area contributed by atoms with Crippen molar-refractivity contribution in [2.75, 3.05) is 0 Å². The summed E-state index contributed by atoms with van der Waals surface area (Å²) in [4.78, 5) is 0. The second-order valence-electron chi connectivity index (χ2n) is 5.83. The molecule has 0 unspecified atom stereocenters. The van der Waals surface area contributed by atoms with E-state index in [0.29, 0.717) is 0 Å². The summed E-state index contributed by atoms with van der Waals surface area (Å²) in [6.45, 7) is 0. The van der Waals surface area contributed by atoms with E-state index in [2.05, 4.69) is 9.44 Å². The van der Waals surface area contributed by atoms with Crippen molar-refractivity contribution in [2.24, 2.45) is 0 Å². The van der Waals surface area contributed by atoms with Crippen LogP contribution in [0.5, 0.6) is 0 Å². The van der Waals surface area contributed by atoms with Crippen LogP contribution in [0, 0.1) is 0 Å². The molecule has 0 aliphatic heterocycles. The fraction of sp³-hybridized carbons (Fsp3) is 1.00. The Morgan fingerprint density at radius 1 is 0.739 bits per heavy atom. The normalized spacial score (nSPS) is 21.0. The Kier molecular flexibility index (Phi) is 11.7. The maximum atomic E-state index is 10.3. The van der Waals surface area contributed by atoms with Gasteiger partial charge in [-0.15, -0.1) is 0 Å². The topological polar surface area (TPSA) is 136 Å².